The second kappa shape index (κ2) is 5.08. The number of nitrogens with two attached hydrogens (primary N) is 1. The van der Waals surface area contributed by atoms with Crippen molar-refractivity contribution < 1.29 is 4.42 Å². The molecule has 2 N–H and O–H groups in total. The average Bonchev–Trinajstić information content (AvgIpc) is 2.68. The Bertz CT molecular complexity index is 304. The standard InChI is InChI=1S/C12H19NOS/c1-9-2-3-12(14-9)11(8-13)10-4-6-15-7-5-10/h2-3,10-11H,4-8,13H2,1H3. The Balaban J connectivity index is 2.08. The van der Waals surface area contributed by atoms with Crippen LogP contribution in [0.15, 0.2) is 16.5 Å². The summed E-state index contributed by atoms with van der Waals surface area (Å²) in [6.45, 7) is 2.70. The van der Waals surface area contributed by atoms with Crippen molar-refractivity contribution in [2.75, 3.05) is 18.1 Å². The molecule has 3 heteroatoms. The Morgan fingerprint density at radius 3 is 2.73 bits per heavy atom. The maximum Gasteiger partial charge on any atom is 0.108 e. The van der Waals surface area contributed by atoms with E-state index in [2.05, 4.69) is 17.8 Å². The quantitative estimate of drug-likeness (QED) is 0.859. The predicted molar refractivity (Wildman–Crippen MR) is 65.3 cm³/mol. The molecule has 0 spiro atoms. The van der Waals surface area contributed by atoms with E-state index in [1.165, 1.54) is 24.3 Å². The van der Waals surface area contributed by atoms with Crippen LogP contribution in [0.1, 0.15) is 30.3 Å². The minimum Gasteiger partial charge on any atom is -0.466 e. The minimum atomic E-state index is 0.430. The zero-order valence-corrected chi connectivity index (χ0v) is 10.1. The molecule has 1 aliphatic heterocycles. The van der Waals surface area contributed by atoms with E-state index in [-0.39, 0.29) is 0 Å². The molecule has 1 atom stereocenters. The second-order valence-electron chi connectivity index (χ2n) is 4.24. The fourth-order valence-corrected chi connectivity index (χ4v) is 3.45. The molecule has 15 heavy (non-hydrogen) atoms. The molecule has 2 heterocycles. The molecule has 1 fully saturated rings. The molecule has 0 saturated carbocycles. The van der Waals surface area contributed by atoms with Gasteiger partial charge in [0.1, 0.15) is 11.5 Å². The smallest absolute Gasteiger partial charge is 0.108 e. The van der Waals surface area contributed by atoms with E-state index in [0.717, 1.165) is 17.4 Å². The van der Waals surface area contributed by atoms with Gasteiger partial charge in [-0.3, -0.25) is 0 Å². The molecular weight excluding hydrogens is 206 g/mol. The summed E-state index contributed by atoms with van der Waals surface area (Å²) in [5.41, 5.74) is 5.88. The summed E-state index contributed by atoms with van der Waals surface area (Å²) in [7, 11) is 0. The van der Waals surface area contributed by atoms with Gasteiger partial charge in [0.05, 0.1) is 0 Å². The molecule has 1 unspecified atom stereocenters. The van der Waals surface area contributed by atoms with Crippen LogP contribution in [0.2, 0.25) is 0 Å². The highest BCUT2D eigenvalue weighted by Crippen LogP contribution is 2.35. The highest BCUT2D eigenvalue weighted by molar-refractivity contribution is 7.99. The van der Waals surface area contributed by atoms with Gasteiger partial charge in [0, 0.05) is 12.5 Å². The number of hydrogen-bond acceptors (Lipinski definition) is 3. The molecule has 0 aliphatic carbocycles. The van der Waals surface area contributed by atoms with Crippen molar-refractivity contribution in [3.05, 3.63) is 23.7 Å². The summed E-state index contributed by atoms with van der Waals surface area (Å²) < 4.78 is 5.70. The third kappa shape index (κ3) is 2.58. The summed E-state index contributed by atoms with van der Waals surface area (Å²) in [5, 5.41) is 0. The topological polar surface area (TPSA) is 39.2 Å². The van der Waals surface area contributed by atoms with E-state index in [9.17, 15) is 0 Å². The zero-order valence-electron chi connectivity index (χ0n) is 9.24. The van der Waals surface area contributed by atoms with Crippen LogP contribution in [0.4, 0.5) is 0 Å². The van der Waals surface area contributed by atoms with Gasteiger partial charge in [-0.25, -0.2) is 0 Å². The van der Waals surface area contributed by atoms with Gasteiger partial charge in [0.2, 0.25) is 0 Å². The van der Waals surface area contributed by atoms with Gasteiger partial charge in [0.15, 0.2) is 0 Å². The molecule has 2 rings (SSSR count). The van der Waals surface area contributed by atoms with E-state index >= 15 is 0 Å². The van der Waals surface area contributed by atoms with Gasteiger partial charge in [-0.15, -0.1) is 0 Å². The van der Waals surface area contributed by atoms with Crippen LogP contribution in [0.5, 0.6) is 0 Å². The van der Waals surface area contributed by atoms with E-state index in [4.69, 9.17) is 10.2 Å². The summed E-state index contributed by atoms with van der Waals surface area (Å²) in [6.07, 6.45) is 2.57. The first-order chi connectivity index (χ1) is 7.31. The number of rotatable bonds is 3. The molecule has 1 aliphatic rings. The lowest BCUT2D eigenvalue weighted by atomic mass is 9.86. The Morgan fingerprint density at radius 2 is 2.20 bits per heavy atom. The van der Waals surface area contributed by atoms with Gasteiger partial charge in [-0.1, -0.05) is 0 Å². The molecule has 2 nitrogen and oxygen atoms in total. The van der Waals surface area contributed by atoms with E-state index in [1.54, 1.807) is 0 Å². The third-order valence-electron chi connectivity index (χ3n) is 3.22. The van der Waals surface area contributed by atoms with E-state index < -0.39 is 0 Å². The monoisotopic (exact) mass is 225 g/mol. The molecule has 84 valence electrons. The summed E-state index contributed by atoms with van der Waals surface area (Å²) in [6, 6.07) is 4.13. The Morgan fingerprint density at radius 1 is 1.47 bits per heavy atom. The lowest BCUT2D eigenvalue weighted by Gasteiger charge is -2.27. The number of hydrogen-bond donors (Lipinski definition) is 1. The van der Waals surface area contributed by atoms with Crippen molar-refractivity contribution in [2.45, 2.75) is 25.7 Å². The third-order valence-corrected chi connectivity index (χ3v) is 4.26. The zero-order chi connectivity index (χ0) is 10.7. The van der Waals surface area contributed by atoms with Crippen molar-refractivity contribution in [2.24, 2.45) is 11.7 Å². The van der Waals surface area contributed by atoms with Crippen LogP contribution in [0.25, 0.3) is 0 Å². The fraction of sp³-hybridized carbons (Fsp3) is 0.667. The van der Waals surface area contributed by atoms with Gasteiger partial charge < -0.3 is 10.2 Å². The molecular formula is C12H19NOS. The van der Waals surface area contributed by atoms with Crippen LogP contribution < -0.4 is 5.73 Å². The Labute approximate surface area is 95.6 Å². The first-order valence-corrected chi connectivity index (χ1v) is 6.81. The largest absolute Gasteiger partial charge is 0.466 e. The highest BCUT2D eigenvalue weighted by Gasteiger charge is 2.26. The minimum absolute atomic E-state index is 0.430. The lowest BCUT2D eigenvalue weighted by Crippen LogP contribution is -2.24. The first kappa shape index (κ1) is 11.1. The second-order valence-corrected chi connectivity index (χ2v) is 5.47. The van der Waals surface area contributed by atoms with Crippen LogP contribution >= 0.6 is 11.8 Å². The SMILES string of the molecule is Cc1ccc(C(CN)C2CCSCC2)o1. The molecule has 0 bridgehead atoms. The summed E-state index contributed by atoms with van der Waals surface area (Å²) in [5.74, 6) is 5.80. The van der Waals surface area contributed by atoms with Crippen LogP contribution in [0, 0.1) is 12.8 Å². The van der Waals surface area contributed by atoms with Gasteiger partial charge in [-0.2, -0.15) is 11.8 Å². The summed E-state index contributed by atoms with van der Waals surface area (Å²) in [4.78, 5) is 0. The van der Waals surface area contributed by atoms with Gasteiger partial charge in [0.25, 0.3) is 0 Å². The lowest BCUT2D eigenvalue weighted by molar-refractivity contribution is 0.339. The normalized spacial score (nSPS) is 20.4. The number of furan rings is 1. The van der Waals surface area contributed by atoms with E-state index in [0.29, 0.717) is 12.5 Å². The van der Waals surface area contributed by atoms with Crippen LogP contribution in [-0.4, -0.2) is 18.1 Å². The molecule has 1 aromatic heterocycles. The maximum absolute atomic E-state index is 5.88. The van der Waals surface area contributed by atoms with Crippen molar-refractivity contribution in [1.29, 1.82) is 0 Å². The maximum atomic E-state index is 5.88. The Hall–Kier alpha value is -0.410. The molecule has 0 aromatic carbocycles. The van der Waals surface area contributed by atoms with Crippen molar-refractivity contribution in [1.82, 2.24) is 0 Å². The molecule has 1 aromatic rings. The van der Waals surface area contributed by atoms with Gasteiger partial charge in [-0.05, 0) is 49.3 Å². The van der Waals surface area contributed by atoms with Crippen LogP contribution in [-0.2, 0) is 0 Å². The molecule has 0 amide bonds. The summed E-state index contributed by atoms with van der Waals surface area (Å²) >= 11 is 2.06. The predicted octanol–water partition coefficient (Wildman–Crippen LogP) is 2.77. The highest BCUT2D eigenvalue weighted by atomic mass is 32.2. The van der Waals surface area contributed by atoms with Crippen molar-refractivity contribution in [3.63, 3.8) is 0 Å². The van der Waals surface area contributed by atoms with Crippen molar-refractivity contribution >= 4 is 11.8 Å². The van der Waals surface area contributed by atoms with E-state index in [1.807, 2.05) is 13.0 Å². The number of aryl methyl sites for hydroxylation is 1. The van der Waals surface area contributed by atoms with Gasteiger partial charge >= 0.3 is 0 Å². The molecule has 1 saturated heterocycles. The van der Waals surface area contributed by atoms with Crippen molar-refractivity contribution in [3.8, 4) is 0 Å². The fourth-order valence-electron chi connectivity index (χ4n) is 2.31. The Kier molecular flexibility index (Phi) is 3.76. The van der Waals surface area contributed by atoms with Crippen LogP contribution in [0.3, 0.4) is 0 Å². The average molecular weight is 225 g/mol. The first-order valence-electron chi connectivity index (χ1n) is 5.65. The molecule has 0 radical (unpaired) electrons. The number of thioether (sulfide) groups is 1.